The molecule has 0 radical (unpaired) electrons. The third-order valence-electron chi connectivity index (χ3n) is 4.29. The zero-order valence-corrected chi connectivity index (χ0v) is 11.3. The fourth-order valence-corrected chi connectivity index (χ4v) is 3.33. The third-order valence-corrected chi connectivity index (χ3v) is 4.29. The van der Waals surface area contributed by atoms with E-state index in [2.05, 4.69) is 18.2 Å². The van der Waals surface area contributed by atoms with Crippen molar-refractivity contribution in [2.75, 3.05) is 6.54 Å². The first-order valence-corrected chi connectivity index (χ1v) is 7.10. The molecule has 0 bridgehead atoms. The average Bonchev–Trinajstić information content (AvgIpc) is 2.39. The monoisotopic (exact) mass is 249 g/mol. The molecule has 1 aromatic carbocycles. The van der Waals surface area contributed by atoms with Crippen LogP contribution in [0, 0.1) is 0 Å². The smallest absolute Gasteiger partial charge is 0.101 e. The van der Waals surface area contributed by atoms with Gasteiger partial charge in [0.1, 0.15) is 6.17 Å². The normalized spacial score (nSPS) is 20.6. The minimum Gasteiger partial charge on any atom is -0.330 e. The summed E-state index contributed by atoms with van der Waals surface area (Å²) >= 11 is 0. The highest BCUT2D eigenvalue weighted by Gasteiger charge is 2.34. The number of alkyl halides is 1. The van der Waals surface area contributed by atoms with Gasteiger partial charge in [-0.2, -0.15) is 0 Å². The topological polar surface area (TPSA) is 26.0 Å². The molecule has 1 aromatic rings. The van der Waals surface area contributed by atoms with Crippen LogP contribution >= 0.6 is 0 Å². The van der Waals surface area contributed by atoms with Gasteiger partial charge in [0.2, 0.25) is 0 Å². The van der Waals surface area contributed by atoms with E-state index in [0.717, 1.165) is 18.4 Å². The predicted molar refractivity (Wildman–Crippen MR) is 74.5 cm³/mol. The first kappa shape index (κ1) is 13.5. The Balaban J connectivity index is 2.35. The van der Waals surface area contributed by atoms with Crippen molar-refractivity contribution < 1.29 is 4.39 Å². The van der Waals surface area contributed by atoms with Gasteiger partial charge in [-0.05, 0) is 30.9 Å². The lowest BCUT2D eigenvalue weighted by Crippen LogP contribution is -2.38. The van der Waals surface area contributed by atoms with Crippen LogP contribution < -0.4 is 5.73 Å². The maximum absolute atomic E-state index is 13.3. The molecule has 0 aliphatic heterocycles. The maximum atomic E-state index is 13.3. The lowest BCUT2D eigenvalue weighted by Gasteiger charge is -2.38. The van der Waals surface area contributed by atoms with Gasteiger partial charge in [-0.15, -0.1) is 0 Å². The average molecular weight is 249 g/mol. The molecule has 2 rings (SSSR count). The van der Waals surface area contributed by atoms with E-state index in [-0.39, 0.29) is 5.41 Å². The fourth-order valence-electron chi connectivity index (χ4n) is 3.33. The summed E-state index contributed by atoms with van der Waals surface area (Å²) in [5.74, 6) is 0. The summed E-state index contributed by atoms with van der Waals surface area (Å²) in [5, 5.41) is 0. The summed E-state index contributed by atoms with van der Waals surface area (Å²) in [5.41, 5.74) is 8.63. The predicted octanol–water partition coefficient (Wildman–Crippen LogP) is 3.75. The standard InChI is InChI=1S/C16H24FN/c1-13(17)11-14-7-3-4-8-15(14)16(12-18)9-5-2-6-10-16/h3-4,7-8,13H,2,5-6,9-12,18H2,1H3. The summed E-state index contributed by atoms with van der Waals surface area (Å²) in [6.45, 7) is 2.32. The van der Waals surface area contributed by atoms with Crippen LogP contribution in [0.5, 0.6) is 0 Å². The van der Waals surface area contributed by atoms with E-state index in [1.54, 1.807) is 6.92 Å². The highest BCUT2D eigenvalue weighted by Crippen LogP contribution is 2.40. The second-order valence-corrected chi connectivity index (χ2v) is 5.69. The van der Waals surface area contributed by atoms with Crippen LogP contribution in [-0.2, 0) is 11.8 Å². The van der Waals surface area contributed by atoms with E-state index in [4.69, 9.17) is 5.73 Å². The Morgan fingerprint density at radius 1 is 1.22 bits per heavy atom. The molecule has 1 atom stereocenters. The summed E-state index contributed by atoms with van der Waals surface area (Å²) in [6.07, 6.45) is 5.83. The van der Waals surface area contributed by atoms with Crippen molar-refractivity contribution in [1.82, 2.24) is 0 Å². The van der Waals surface area contributed by atoms with Crippen LogP contribution in [0.25, 0.3) is 0 Å². The van der Waals surface area contributed by atoms with Crippen LogP contribution in [0.1, 0.15) is 50.2 Å². The molecule has 0 aromatic heterocycles. The van der Waals surface area contributed by atoms with Crippen LogP contribution in [0.15, 0.2) is 24.3 Å². The van der Waals surface area contributed by atoms with E-state index in [1.807, 2.05) is 6.07 Å². The first-order valence-electron chi connectivity index (χ1n) is 7.10. The molecule has 0 amide bonds. The van der Waals surface area contributed by atoms with Gasteiger partial charge in [0.15, 0.2) is 0 Å². The van der Waals surface area contributed by atoms with Crippen molar-refractivity contribution in [3.8, 4) is 0 Å². The summed E-state index contributed by atoms with van der Waals surface area (Å²) in [4.78, 5) is 0. The molecule has 1 aliphatic carbocycles. The minimum absolute atomic E-state index is 0.101. The highest BCUT2D eigenvalue weighted by molar-refractivity contribution is 5.36. The number of benzene rings is 1. The largest absolute Gasteiger partial charge is 0.330 e. The molecule has 1 fully saturated rings. The molecule has 1 aliphatic rings. The molecule has 1 saturated carbocycles. The molecule has 0 saturated heterocycles. The summed E-state index contributed by atoms with van der Waals surface area (Å²) < 4.78 is 13.3. The molecular formula is C16H24FN. The molecule has 100 valence electrons. The third kappa shape index (κ3) is 2.74. The maximum Gasteiger partial charge on any atom is 0.101 e. The number of halogens is 1. The Bertz CT molecular complexity index is 380. The molecule has 0 spiro atoms. The van der Waals surface area contributed by atoms with Gasteiger partial charge in [0.25, 0.3) is 0 Å². The Hall–Kier alpha value is -0.890. The van der Waals surface area contributed by atoms with Gasteiger partial charge in [0.05, 0.1) is 0 Å². The van der Waals surface area contributed by atoms with Crippen LogP contribution in [-0.4, -0.2) is 12.7 Å². The Kier molecular flexibility index (Phi) is 4.39. The van der Waals surface area contributed by atoms with E-state index in [1.165, 1.54) is 24.8 Å². The Labute approximate surface area is 110 Å². The molecule has 0 heterocycles. The molecule has 2 heteroatoms. The van der Waals surface area contributed by atoms with Crippen LogP contribution in [0.2, 0.25) is 0 Å². The summed E-state index contributed by atoms with van der Waals surface area (Å²) in [6, 6.07) is 8.30. The van der Waals surface area contributed by atoms with Crippen molar-refractivity contribution in [3.63, 3.8) is 0 Å². The van der Waals surface area contributed by atoms with Crippen molar-refractivity contribution in [2.24, 2.45) is 5.73 Å². The van der Waals surface area contributed by atoms with Gasteiger partial charge in [-0.25, -0.2) is 4.39 Å². The summed E-state index contributed by atoms with van der Waals surface area (Å²) in [7, 11) is 0. The van der Waals surface area contributed by atoms with Crippen molar-refractivity contribution in [2.45, 2.75) is 57.0 Å². The number of rotatable bonds is 4. The zero-order chi connectivity index (χ0) is 13.0. The van der Waals surface area contributed by atoms with Crippen molar-refractivity contribution in [1.29, 1.82) is 0 Å². The van der Waals surface area contributed by atoms with Crippen molar-refractivity contribution in [3.05, 3.63) is 35.4 Å². The van der Waals surface area contributed by atoms with Gasteiger partial charge >= 0.3 is 0 Å². The van der Waals surface area contributed by atoms with Gasteiger partial charge < -0.3 is 5.73 Å². The molecule has 18 heavy (non-hydrogen) atoms. The van der Waals surface area contributed by atoms with E-state index in [0.29, 0.717) is 13.0 Å². The second kappa shape index (κ2) is 5.83. The minimum atomic E-state index is -0.787. The van der Waals surface area contributed by atoms with E-state index < -0.39 is 6.17 Å². The second-order valence-electron chi connectivity index (χ2n) is 5.69. The van der Waals surface area contributed by atoms with Crippen molar-refractivity contribution >= 4 is 0 Å². The first-order chi connectivity index (χ1) is 8.68. The van der Waals surface area contributed by atoms with E-state index in [9.17, 15) is 4.39 Å². The van der Waals surface area contributed by atoms with Gasteiger partial charge in [-0.1, -0.05) is 43.5 Å². The Morgan fingerprint density at radius 3 is 2.50 bits per heavy atom. The Morgan fingerprint density at radius 2 is 1.89 bits per heavy atom. The van der Waals surface area contributed by atoms with Gasteiger partial charge in [-0.3, -0.25) is 0 Å². The molecule has 1 unspecified atom stereocenters. The lowest BCUT2D eigenvalue weighted by molar-refractivity contribution is 0.295. The molecule has 1 nitrogen and oxygen atoms in total. The number of hydrogen-bond acceptors (Lipinski definition) is 1. The van der Waals surface area contributed by atoms with E-state index >= 15 is 0 Å². The molecular weight excluding hydrogens is 225 g/mol. The SMILES string of the molecule is CC(F)Cc1ccccc1C1(CN)CCCCC1. The zero-order valence-electron chi connectivity index (χ0n) is 11.3. The quantitative estimate of drug-likeness (QED) is 0.864. The van der Waals surface area contributed by atoms with Crippen LogP contribution in [0.4, 0.5) is 4.39 Å². The van der Waals surface area contributed by atoms with Gasteiger partial charge in [0, 0.05) is 18.4 Å². The number of nitrogens with two attached hydrogens (primary N) is 1. The van der Waals surface area contributed by atoms with Crippen LogP contribution in [0.3, 0.4) is 0 Å². The lowest BCUT2D eigenvalue weighted by atomic mass is 9.68. The number of hydrogen-bond donors (Lipinski definition) is 1. The highest BCUT2D eigenvalue weighted by atomic mass is 19.1. The molecule has 2 N–H and O–H groups in total. The fraction of sp³-hybridized carbons (Fsp3) is 0.625.